The molecule has 2 amide bonds. The first-order chi connectivity index (χ1) is 12.2. The molecule has 1 spiro atoms. The second-order valence-electron chi connectivity index (χ2n) is 7.64. The molecule has 1 aliphatic heterocycles. The predicted octanol–water partition coefficient (Wildman–Crippen LogP) is 2.85. The van der Waals surface area contributed by atoms with Crippen molar-refractivity contribution in [3.05, 3.63) is 35.5 Å². The molecule has 1 aliphatic carbocycles. The van der Waals surface area contributed by atoms with E-state index >= 15 is 0 Å². The second-order valence-corrected chi connectivity index (χ2v) is 7.64. The Bertz CT molecular complexity index is 907. The highest BCUT2D eigenvalue weighted by atomic mass is 19.3. The van der Waals surface area contributed by atoms with Gasteiger partial charge in [0, 0.05) is 30.4 Å². The number of H-pyrrole nitrogens is 1. The Balaban J connectivity index is 1.41. The molecule has 2 atom stereocenters. The fourth-order valence-corrected chi connectivity index (χ4v) is 3.87. The molecule has 1 aromatic carbocycles. The van der Waals surface area contributed by atoms with Crippen molar-refractivity contribution in [2.24, 2.45) is 5.41 Å². The lowest BCUT2D eigenvalue weighted by Crippen LogP contribution is -2.46. The normalized spacial score (nSPS) is 24.8. The number of nitrogens with zero attached hydrogens (tertiary/aromatic N) is 1. The maximum Gasteiger partial charge on any atom is 0.268 e. The Morgan fingerprint density at radius 3 is 2.69 bits per heavy atom. The van der Waals surface area contributed by atoms with E-state index in [0.717, 1.165) is 16.5 Å². The van der Waals surface area contributed by atoms with Crippen LogP contribution in [0.3, 0.4) is 0 Å². The largest absolute Gasteiger partial charge is 0.351 e. The first kappa shape index (κ1) is 17.0. The third-order valence-electron chi connectivity index (χ3n) is 5.62. The summed E-state index contributed by atoms with van der Waals surface area (Å²) in [5, 5.41) is 3.59. The van der Waals surface area contributed by atoms with Crippen molar-refractivity contribution in [1.29, 1.82) is 0 Å². The number of alkyl halides is 2. The number of likely N-dealkylation sites (tertiary alicyclic amines) is 1. The number of aromatic nitrogens is 1. The number of carbonyl (C=O) groups is 2. The number of benzene rings is 1. The number of carbonyl (C=O) groups excluding carboxylic acids is 2. The Morgan fingerprint density at radius 1 is 1.31 bits per heavy atom. The quantitative estimate of drug-likeness (QED) is 0.883. The number of aryl methyl sites for hydroxylation is 1. The van der Waals surface area contributed by atoms with Crippen molar-refractivity contribution < 1.29 is 18.4 Å². The molecule has 2 N–H and O–H groups in total. The van der Waals surface area contributed by atoms with Gasteiger partial charge in [-0.25, -0.2) is 8.78 Å². The van der Waals surface area contributed by atoms with E-state index in [1.807, 2.05) is 25.1 Å². The van der Waals surface area contributed by atoms with Crippen molar-refractivity contribution in [2.45, 2.75) is 38.7 Å². The van der Waals surface area contributed by atoms with Crippen LogP contribution in [-0.4, -0.2) is 46.8 Å². The van der Waals surface area contributed by atoms with Crippen LogP contribution >= 0.6 is 0 Å². The molecule has 26 heavy (non-hydrogen) atoms. The van der Waals surface area contributed by atoms with Gasteiger partial charge in [-0.15, -0.1) is 0 Å². The van der Waals surface area contributed by atoms with E-state index in [2.05, 4.69) is 10.3 Å². The average Bonchev–Trinajstić information content (AvgIpc) is 2.96. The van der Waals surface area contributed by atoms with Crippen molar-refractivity contribution in [3.8, 4) is 0 Å². The minimum Gasteiger partial charge on any atom is -0.351 e. The molecule has 0 radical (unpaired) electrons. The summed E-state index contributed by atoms with van der Waals surface area (Å²) in [5.41, 5.74) is 1.28. The van der Waals surface area contributed by atoms with E-state index in [4.69, 9.17) is 0 Å². The number of nitrogens with one attached hydrogen (secondary N) is 2. The van der Waals surface area contributed by atoms with Gasteiger partial charge in [-0.2, -0.15) is 0 Å². The highest BCUT2D eigenvalue weighted by Crippen LogP contribution is 2.65. The number of amides is 2. The number of hydrogen-bond donors (Lipinski definition) is 2. The van der Waals surface area contributed by atoms with Crippen molar-refractivity contribution in [3.63, 3.8) is 0 Å². The maximum absolute atomic E-state index is 13.5. The molecule has 2 fully saturated rings. The predicted molar refractivity (Wildman–Crippen MR) is 93.2 cm³/mol. The maximum atomic E-state index is 13.5. The SMILES string of the molecule is Cc1ccc2[nH]c(C(=O)N[C@H](C)C(=O)N3CCC4(C3)CC4(F)F)cc2c1. The van der Waals surface area contributed by atoms with Crippen molar-refractivity contribution in [1.82, 2.24) is 15.2 Å². The topological polar surface area (TPSA) is 65.2 Å². The van der Waals surface area contributed by atoms with Crippen molar-refractivity contribution in [2.75, 3.05) is 13.1 Å². The summed E-state index contributed by atoms with van der Waals surface area (Å²) in [6.45, 7) is 3.95. The zero-order chi connectivity index (χ0) is 18.7. The summed E-state index contributed by atoms with van der Waals surface area (Å²) >= 11 is 0. The highest BCUT2D eigenvalue weighted by molar-refractivity contribution is 6.00. The van der Waals surface area contributed by atoms with E-state index < -0.39 is 17.4 Å². The molecule has 1 unspecified atom stereocenters. The molecular weight excluding hydrogens is 340 g/mol. The second kappa shape index (κ2) is 5.53. The molecule has 5 nitrogen and oxygen atoms in total. The Labute approximate surface area is 149 Å². The lowest BCUT2D eigenvalue weighted by Gasteiger charge is -2.21. The zero-order valence-corrected chi connectivity index (χ0v) is 14.7. The summed E-state index contributed by atoms with van der Waals surface area (Å²) in [6, 6.07) is 6.79. The van der Waals surface area contributed by atoms with Crippen LogP contribution in [0.2, 0.25) is 0 Å². The van der Waals surface area contributed by atoms with E-state index in [9.17, 15) is 18.4 Å². The van der Waals surface area contributed by atoms with Gasteiger partial charge in [0.1, 0.15) is 11.7 Å². The summed E-state index contributed by atoms with van der Waals surface area (Å²) in [5.74, 6) is -3.35. The Morgan fingerprint density at radius 2 is 2.04 bits per heavy atom. The number of fused-ring (bicyclic) bond motifs is 1. The summed E-state index contributed by atoms with van der Waals surface area (Å²) in [4.78, 5) is 29.4. The minimum absolute atomic E-state index is 0.0741. The van der Waals surface area contributed by atoms with Gasteiger partial charge in [-0.1, -0.05) is 11.6 Å². The van der Waals surface area contributed by atoms with E-state index in [1.165, 1.54) is 4.90 Å². The fourth-order valence-electron chi connectivity index (χ4n) is 3.87. The lowest BCUT2D eigenvalue weighted by atomic mass is 10.1. The molecular formula is C19H21F2N3O2. The Hall–Kier alpha value is -2.44. The summed E-state index contributed by atoms with van der Waals surface area (Å²) in [6.07, 6.45) is 0.187. The van der Waals surface area contributed by atoms with Crippen LogP contribution in [-0.2, 0) is 4.79 Å². The van der Waals surface area contributed by atoms with E-state index in [1.54, 1.807) is 13.0 Å². The van der Waals surface area contributed by atoms with Crippen molar-refractivity contribution >= 4 is 22.7 Å². The van der Waals surface area contributed by atoms with Crippen LogP contribution in [0.5, 0.6) is 0 Å². The standard InChI is InChI=1S/C19H21F2N3O2/c1-11-3-4-14-13(7-11)8-15(23-14)16(25)22-12(2)17(26)24-6-5-18(10-24)9-19(18,20)21/h3-4,7-8,12,23H,5-6,9-10H2,1-2H3,(H,22,25)/t12-,18?/m1/s1. The third-order valence-corrected chi connectivity index (χ3v) is 5.62. The lowest BCUT2D eigenvalue weighted by molar-refractivity contribution is -0.132. The van der Waals surface area contributed by atoms with Crippen LogP contribution in [0.25, 0.3) is 10.9 Å². The first-order valence-electron chi connectivity index (χ1n) is 8.78. The molecule has 1 saturated heterocycles. The monoisotopic (exact) mass is 361 g/mol. The number of rotatable bonds is 3. The van der Waals surface area contributed by atoms with E-state index in [0.29, 0.717) is 18.7 Å². The first-order valence-corrected chi connectivity index (χ1v) is 8.78. The van der Waals surface area contributed by atoms with Gasteiger partial charge < -0.3 is 15.2 Å². The fraction of sp³-hybridized carbons (Fsp3) is 0.474. The molecule has 7 heteroatoms. The summed E-state index contributed by atoms with van der Waals surface area (Å²) < 4.78 is 27.0. The van der Waals surface area contributed by atoms with Gasteiger partial charge in [-0.3, -0.25) is 9.59 Å². The van der Waals surface area contributed by atoms with Gasteiger partial charge in [0.15, 0.2) is 0 Å². The number of aromatic amines is 1. The zero-order valence-electron chi connectivity index (χ0n) is 14.7. The smallest absolute Gasteiger partial charge is 0.268 e. The third kappa shape index (κ3) is 2.66. The Kier molecular flexibility index (Phi) is 3.61. The molecule has 1 aromatic heterocycles. The van der Waals surface area contributed by atoms with Crippen LogP contribution < -0.4 is 5.32 Å². The van der Waals surface area contributed by atoms with Gasteiger partial charge in [0.2, 0.25) is 5.91 Å². The van der Waals surface area contributed by atoms with E-state index in [-0.39, 0.29) is 24.8 Å². The molecule has 2 heterocycles. The number of hydrogen-bond acceptors (Lipinski definition) is 2. The minimum atomic E-state index is -2.66. The molecule has 4 rings (SSSR count). The highest BCUT2D eigenvalue weighted by Gasteiger charge is 2.73. The van der Waals surface area contributed by atoms with Gasteiger partial charge in [0.25, 0.3) is 11.8 Å². The molecule has 2 aliphatic rings. The van der Waals surface area contributed by atoms with Crippen LogP contribution in [0.15, 0.2) is 24.3 Å². The molecule has 138 valence electrons. The average molecular weight is 361 g/mol. The molecule has 2 aromatic rings. The van der Waals surface area contributed by atoms with Crippen LogP contribution in [0.4, 0.5) is 8.78 Å². The van der Waals surface area contributed by atoms with Crippen LogP contribution in [0, 0.1) is 12.3 Å². The van der Waals surface area contributed by atoms with Gasteiger partial charge in [0.05, 0.1) is 5.41 Å². The van der Waals surface area contributed by atoms with Crippen LogP contribution in [0.1, 0.15) is 35.8 Å². The summed E-state index contributed by atoms with van der Waals surface area (Å²) in [7, 11) is 0. The number of halogens is 2. The molecule has 0 bridgehead atoms. The van der Waals surface area contributed by atoms with Gasteiger partial charge >= 0.3 is 0 Å². The van der Waals surface area contributed by atoms with Gasteiger partial charge in [-0.05, 0) is 38.5 Å². The molecule has 1 saturated carbocycles.